The van der Waals surface area contributed by atoms with Crippen molar-refractivity contribution in [2.45, 2.75) is 19.4 Å². The molecule has 64 valence electrons. The Morgan fingerprint density at radius 1 is 1.82 bits per heavy atom. The molecule has 1 aliphatic heterocycles. The van der Waals surface area contributed by atoms with Gasteiger partial charge in [0.25, 0.3) is 0 Å². The normalized spacial score (nSPS) is 21.9. The number of ether oxygens (including phenoxy) is 1. The van der Waals surface area contributed by atoms with Crippen LogP contribution in [0.5, 0.6) is 0 Å². The van der Waals surface area contributed by atoms with E-state index in [0.717, 1.165) is 13.2 Å². The van der Waals surface area contributed by atoms with Crippen LogP contribution in [0.25, 0.3) is 0 Å². The van der Waals surface area contributed by atoms with Crippen LogP contribution in [0.15, 0.2) is 0 Å². The third-order valence-electron chi connectivity index (χ3n) is 1.90. The number of carbonyl (C=O) groups is 1. The maximum atomic E-state index is 10.5. The Bertz CT molecular complexity index is 143. The van der Waals surface area contributed by atoms with E-state index >= 15 is 0 Å². The van der Waals surface area contributed by atoms with Crippen LogP contribution in [0, 0.1) is 0 Å². The summed E-state index contributed by atoms with van der Waals surface area (Å²) in [6, 6.07) is 0.218. The molecular weight excluding hydrogens is 144 g/mol. The predicted octanol–water partition coefficient (Wildman–Crippen LogP) is -0.460. The first-order chi connectivity index (χ1) is 5.20. The zero-order chi connectivity index (χ0) is 8.27. The lowest BCUT2D eigenvalue weighted by atomic mass is 10.2. The molecule has 0 aromatic rings. The summed E-state index contributed by atoms with van der Waals surface area (Å²) >= 11 is 0. The van der Waals surface area contributed by atoms with E-state index < -0.39 is 0 Å². The first-order valence-corrected chi connectivity index (χ1v) is 3.80. The largest absolute Gasteiger partial charge is 0.370 e. The molecule has 0 saturated carbocycles. The van der Waals surface area contributed by atoms with Crippen molar-refractivity contribution in [3.8, 4) is 0 Å². The summed E-state index contributed by atoms with van der Waals surface area (Å²) in [6.45, 7) is 4.30. The Labute approximate surface area is 66.3 Å². The maximum absolute atomic E-state index is 10.5. The van der Waals surface area contributed by atoms with Crippen molar-refractivity contribution in [3.63, 3.8) is 0 Å². The van der Waals surface area contributed by atoms with Crippen molar-refractivity contribution in [3.05, 3.63) is 0 Å². The van der Waals surface area contributed by atoms with Crippen molar-refractivity contribution in [2.24, 2.45) is 5.73 Å². The van der Waals surface area contributed by atoms with Crippen molar-refractivity contribution in [1.82, 2.24) is 4.90 Å². The Kier molecular flexibility index (Phi) is 2.84. The predicted molar refractivity (Wildman–Crippen MR) is 40.8 cm³/mol. The van der Waals surface area contributed by atoms with Crippen molar-refractivity contribution in [2.75, 3.05) is 19.9 Å². The highest BCUT2D eigenvalue weighted by Crippen LogP contribution is 2.07. The van der Waals surface area contributed by atoms with E-state index in [1.807, 2.05) is 6.92 Å². The second-order valence-corrected chi connectivity index (χ2v) is 2.87. The van der Waals surface area contributed by atoms with Gasteiger partial charge in [0, 0.05) is 19.0 Å². The van der Waals surface area contributed by atoms with Crippen LogP contribution in [-0.4, -0.2) is 36.7 Å². The van der Waals surface area contributed by atoms with Gasteiger partial charge in [-0.3, -0.25) is 9.69 Å². The molecule has 1 saturated heterocycles. The highest BCUT2D eigenvalue weighted by atomic mass is 16.5. The monoisotopic (exact) mass is 158 g/mol. The summed E-state index contributed by atoms with van der Waals surface area (Å²) in [5, 5.41) is 0. The lowest BCUT2D eigenvalue weighted by Crippen LogP contribution is -2.34. The summed E-state index contributed by atoms with van der Waals surface area (Å²) in [5.41, 5.74) is 5.05. The molecule has 2 N–H and O–H groups in total. The van der Waals surface area contributed by atoms with Gasteiger partial charge in [-0.2, -0.15) is 0 Å². The second-order valence-electron chi connectivity index (χ2n) is 2.87. The van der Waals surface area contributed by atoms with Crippen LogP contribution < -0.4 is 5.73 Å². The summed E-state index contributed by atoms with van der Waals surface area (Å²) in [7, 11) is 0. The van der Waals surface area contributed by atoms with E-state index in [9.17, 15) is 4.79 Å². The average molecular weight is 158 g/mol. The molecule has 1 rings (SSSR count). The summed E-state index contributed by atoms with van der Waals surface area (Å²) in [5.74, 6) is -0.246. The van der Waals surface area contributed by atoms with Crippen LogP contribution in [0.1, 0.15) is 13.3 Å². The van der Waals surface area contributed by atoms with E-state index in [-0.39, 0.29) is 11.9 Å². The van der Waals surface area contributed by atoms with Crippen molar-refractivity contribution >= 4 is 5.91 Å². The minimum absolute atomic E-state index is 0.218. The number of rotatable bonds is 3. The number of nitrogens with two attached hydrogens (primary N) is 1. The SMILES string of the molecule is CC(CC(N)=O)N1CCOC1. The van der Waals surface area contributed by atoms with Gasteiger partial charge in [-0.1, -0.05) is 0 Å². The minimum atomic E-state index is -0.246. The molecule has 0 aliphatic carbocycles. The summed E-state index contributed by atoms with van der Waals surface area (Å²) < 4.78 is 5.13. The van der Waals surface area contributed by atoms with Crippen LogP contribution >= 0.6 is 0 Å². The van der Waals surface area contributed by atoms with Crippen LogP contribution in [0.3, 0.4) is 0 Å². The Morgan fingerprint density at radius 2 is 2.55 bits per heavy atom. The molecule has 0 aromatic heterocycles. The molecule has 1 amide bonds. The number of carbonyl (C=O) groups excluding carboxylic acids is 1. The zero-order valence-electron chi connectivity index (χ0n) is 6.75. The molecule has 11 heavy (non-hydrogen) atoms. The van der Waals surface area contributed by atoms with E-state index in [1.54, 1.807) is 0 Å². The lowest BCUT2D eigenvalue weighted by molar-refractivity contribution is -0.119. The molecular formula is C7H14N2O2. The Morgan fingerprint density at radius 3 is 3.00 bits per heavy atom. The minimum Gasteiger partial charge on any atom is -0.370 e. The van der Waals surface area contributed by atoms with Gasteiger partial charge >= 0.3 is 0 Å². The topological polar surface area (TPSA) is 55.6 Å². The molecule has 1 fully saturated rings. The third-order valence-corrected chi connectivity index (χ3v) is 1.90. The third kappa shape index (κ3) is 2.48. The van der Waals surface area contributed by atoms with E-state index in [1.165, 1.54) is 0 Å². The van der Waals surface area contributed by atoms with Gasteiger partial charge in [-0.25, -0.2) is 0 Å². The highest BCUT2D eigenvalue weighted by molar-refractivity contribution is 5.74. The number of primary amides is 1. The summed E-state index contributed by atoms with van der Waals surface area (Å²) in [4.78, 5) is 12.6. The van der Waals surface area contributed by atoms with Crippen molar-refractivity contribution < 1.29 is 9.53 Å². The zero-order valence-corrected chi connectivity index (χ0v) is 6.75. The van der Waals surface area contributed by atoms with Gasteiger partial charge < -0.3 is 10.5 Å². The smallest absolute Gasteiger partial charge is 0.218 e. The fraction of sp³-hybridized carbons (Fsp3) is 0.857. The van der Waals surface area contributed by atoms with E-state index in [2.05, 4.69) is 4.90 Å². The molecule has 1 unspecified atom stereocenters. The van der Waals surface area contributed by atoms with Gasteiger partial charge in [0.05, 0.1) is 13.3 Å². The quantitative estimate of drug-likeness (QED) is 0.604. The van der Waals surface area contributed by atoms with Gasteiger partial charge in [0.1, 0.15) is 0 Å². The molecule has 4 heteroatoms. The summed E-state index contributed by atoms with van der Waals surface area (Å²) in [6.07, 6.45) is 0.420. The molecule has 0 aromatic carbocycles. The van der Waals surface area contributed by atoms with Crippen LogP contribution in [0.4, 0.5) is 0 Å². The molecule has 0 radical (unpaired) electrons. The first kappa shape index (κ1) is 8.49. The van der Waals surface area contributed by atoms with Crippen LogP contribution in [-0.2, 0) is 9.53 Å². The van der Waals surface area contributed by atoms with Crippen LogP contribution in [0.2, 0.25) is 0 Å². The number of hydrogen-bond donors (Lipinski definition) is 1. The fourth-order valence-corrected chi connectivity index (χ4v) is 1.20. The van der Waals surface area contributed by atoms with Gasteiger partial charge in [-0.05, 0) is 6.92 Å². The molecule has 4 nitrogen and oxygen atoms in total. The average Bonchev–Trinajstić information content (AvgIpc) is 2.35. The highest BCUT2D eigenvalue weighted by Gasteiger charge is 2.19. The van der Waals surface area contributed by atoms with Crippen molar-refractivity contribution in [1.29, 1.82) is 0 Å². The molecule has 1 atom stereocenters. The second kappa shape index (κ2) is 3.69. The van der Waals surface area contributed by atoms with Gasteiger partial charge in [0.2, 0.25) is 5.91 Å². The Balaban J connectivity index is 2.28. The van der Waals surface area contributed by atoms with Gasteiger partial charge in [0.15, 0.2) is 0 Å². The molecule has 1 aliphatic rings. The van der Waals surface area contributed by atoms with E-state index in [0.29, 0.717) is 13.2 Å². The van der Waals surface area contributed by atoms with E-state index in [4.69, 9.17) is 10.5 Å². The molecule has 1 heterocycles. The standard InChI is InChI=1S/C7H14N2O2/c1-6(4-7(8)10)9-2-3-11-5-9/h6H,2-5H2,1H3,(H2,8,10). The van der Waals surface area contributed by atoms with Gasteiger partial charge in [-0.15, -0.1) is 0 Å². The molecule has 0 spiro atoms. The number of nitrogens with zero attached hydrogens (tertiary/aromatic N) is 1. The number of amides is 1. The molecule has 0 bridgehead atoms. The number of hydrogen-bond acceptors (Lipinski definition) is 3. The Hall–Kier alpha value is -0.610. The maximum Gasteiger partial charge on any atom is 0.218 e. The lowest BCUT2D eigenvalue weighted by Gasteiger charge is -2.20. The first-order valence-electron chi connectivity index (χ1n) is 3.80. The fourth-order valence-electron chi connectivity index (χ4n) is 1.20.